The standard InChI is InChI=1S/C20H24N4O4S/c1-4-23(5-2)29(27,28)18-11-12-19(20(14-18)24(25)26)22-21-15-16(3)13-17-9-7-6-8-10-17/h6-15,22H,4-5H2,1-3H3/b16-13+,21-15-. The number of hydrazone groups is 1. The van der Waals surface area contributed by atoms with Gasteiger partial charge in [0.1, 0.15) is 5.69 Å². The zero-order valence-corrected chi connectivity index (χ0v) is 17.4. The molecule has 2 aromatic rings. The quantitative estimate of drug-likeness (QED) is 0.376. The number of hydrogen-bond acceptors (Lipinski definition) is 6. The fraction of sp³-hybridized carbons (Fsp3) is 0.250. The summed E-state index contributed by atoms with van der Waals surface area (Å²) < 4.78 is 26.5. The Morgan fingerprint density at radius 1 is 1.17 bits per heavy atom. The van der Waals surface area contributed by atoms with Crippen molar-refractivity contribution in [1.82, 2.24) is 4.31 Å². The Labute approximate surface area is 170 Å². The summed E-state index contributed by atoms with van der Waals surface area (Å²) in [4.78, 5) is 10.7. The second-order valence-electron chi connectivity index (χ2n) is 6.19. The molecule has 0 heterocycles. The van der Waals surface area contributed by atoms with Crippen LogP contribution < -0.4 is 5.43 Å². The molecule has 0 atom stereocenters. The number of allylic oxidation sites excluding steroid dienone is 1. The van der Waals surface area contributed by atoms with Gasteiger partial charge in [0.2, 0.25) is 10.0 Å². The zero-order valence-electron chi connectivity index (χ0n) is 16.6. The summed E-state index contributed by atoms with van der Waals surface area (Å²) in [6.45, 7) is 5.84. The molecule has 2 rings (SSSR count). The molecule has 0 aliphatic carbocycles. The Morgan fingerprint density at radius 3 is 2.41 bits per heavy atom. The number of nitro groups is 1. The van der Waals surface area contributed by atoms with Crippen LogP contribution in [-0.2, 0) is 10.0 Å². The molecule has 154 valence electrons. The minimum atomic E-state index is -3.79. The molecule has 0 unspecified atom stereocenters. The van der Waals surface area contributed by atoms with Crippen LogP contribution in [0.4, 0.5) is 11.4 Å². The normalized spacial score (nSPS) is 12.5. The van der Waals surface area contributed by atoms with E-state index < -0.39 is 14.9 Å². The minimum Gasteiger partial charge on any atom is -0.272 e. The van der Waals surface area contributed by atoms with Crippen molar-refractivity contribution in [3.8, 4) is 0 Å². The van der Waals surface area contributed by atoms with Gasteiger partial charge in [0, 0.05) is 19.2 Å². The van der Waals surface area contributed by atoms with Crippen molar-refractivity contribution >= 4 is 33.7 Å². The van der Waals surface area contributed by atoms with Crippen LogP contribution in [0.1, 0.15) is 26.3 Å². The van der Waals surface area contributed by atoms with Crippen molar-refractivity contribution < 1.29 is 13.3 Å². The lowest BCUT2D eigenvalue weighted by atomic mass is 10.1. The largest absolute Gasteiger partial charge is 0.295 e. The molecule has 0 saturated carbocycles. The number of sulfonamides is 1. The number of rotatable bonds is 9. The number of hydrogen-bond donors (Lipinski definition) is 1. The van der Waals surface area contributed by atoms with Crippen LogP contribution in [0.25, 0.3) is 6.08 Å². The maximum atomic E-state index is 12.6. The van der Waals surface area contributed by atoms with Gasteiger partial charge in [-0.05, 0) is 30.2 Å². The number of nitro benzene ring substituents is 1. The van der Waals surface area contributed by atoms with E-state index in [4.69, 9.17) is 0 Å². The van der Waals surface area contributed by atoms with Crippen molar-refractivity contribution in [2.45, 2.75) is 25.7 Å². The topological polar surface area (TPSA) is 105 Å². The van der Waals surface area contributed by atoms with Crippen LogP contribution in [-0.4, -0.2) is 37.0 Å². The van der Waals surface area contributed by atoms with E-state index >= 15 is 0 Å². The maximum Gasteiger partial charge on any atom is 0.295 e. The summed E-state index contributed by atoms with van der Waals surface area (Å²) in [5.41, 5.74) is 4.22. The van der Waals surface area contributed by atoms with Crippen LogP contribution in [0.2, 0.25) is 0 Å². The number of anilines is 1. The highest BCUT2D eigenvalue weighted by Gasteiger charge is 2.25. The lowest BCUT2D eigenvalue weighted by molar-refractivity contribution is -0.384. The van der Waals surface area contributed by atoms with Gasteiger partial charge in [-0.25, -0.2) is 8.42 Å². The number of nitrogens with one attached hydrogen (secondary N) is 1. The third-order valence-electron chi connectivity index (χ3n) is 4.16. The van der Waals surface area contributed by atoms with Crippen molar-refractivity contribution in [1.29, 1.82) is 0 Å². The van der Waals surface area contributed by atoms with E-state index in [0.717, 1.165) is 17.2 Å². The van der Waals surface area contributed by atoms with Gasteiger partial charge in [-0.2, -0.15) is 9.41 Å². The molecular formula is C20H24N4O4S. The van der Waals surface area contributed by atoms with Gasteiger partial charge in [0.25, 0.3) is 5.69 Å². The fourth-order valence-corrected chi connectivity index (χ4v) is 4.16. The summed E-state index contributed by atoms with van der Waals surface area (Å²) in [6, 6.07) is 13.4. The first-order valence-electron chi connectivity index (χ1n) is 9.10. The molecule has 0 fully saturated rings. The Kier molecular flexibility index (Phi) is 7.63. The number of benzene rings is 2. The number of nitrogens with zero attached hydrogens (tertiary/aromatic N) is 3. The van der Waals surface area contributed by atoms with Gasteiger partial charge >= 0.3 is 0 Å². The molecule has 0 aliphatic rings. The Balaban J connectivity index is 2.25. The van der Waals surface area contributed by atoms with E-state index in [1.807, 2.05) is 43.3 Å². The second-order valence-corrected chi connectivity index (χ2v) is 8.13. The van der Waals surface area contributed by atoms with Gasteiger partial charge in [-0.3, -0.25) is 15.5 Å². The predicted molar refractivity (Wildman–Crippen MR) is 115 cm³/mol. The van der Waals surface area contributed by atoms with Gasteiger partial charge in [0.05, 0.1) is 16.0 Å². The average molecular weight is 417 g/mol. The summed E-state index contributed by atoms with van der Waals surface area (Å²) >= 11 is 0. The zero-order chi connectivity index (χ0) is 21.4. The van der Waals surface area contributed by atoms with E-state index in [9.17, 15) is 18.5 Å². The monoisotopic (exact) mass is 416 g/mol. The highest BCUT2D eigenvalue weighted by atomic mass is 32.2. The fourth-order valence-electron chi connectivity index (χ4n) is 2.68. The lowest BCUT2D eigenvalue weighted by Gasteiger charge is -2.18. The Hall–Kier alpha value is -3.04. The molecule has 0 saturated heterocycles. The molecule has 9 heteroatoms. The van der Waals surface area contributed by atoms with Crippen molar-refractivity contribution in [2.24, 2.45) is 5.10 Å². The van der Waals surface area contributed by atoms with E-state index in [1.165, 1.54) is 22.7 Å². The highest BCUT2D eigenvalue weighted by Crippen LogP contribution is 2.29. The van der Waals surface area contributed by atoms with Crippen LogP contribution in [0.15, 0.2) is 64.1 Å². The molecule has 2 aromatic carbocycles. The van der Waals surface area contributed by atoms with Crippen LogP contribution in [0.5, 0.6) is 0 Å². The average Bonchev–Trinajstić information content (AvgIpc) is 2.69. The smallest absolute Gasteiger partial charge is 0.272 e. The molecule has 29 heavy (non-hydrogen) atoms. The van der Waals surface area contributed by atoms with Gasteiger partial charge in [-0.15, -0.1) is 0 Å². The van der Waals surface area contributed by atoms with Gasteiger partial charge in [0.15, 0.2) is 0 Å². The molecule has 1 N–H and O–H groups in total. The SMILES string of the molecule is CCN(CC)S(=O)(=O)c1ccc(N/N=C\C(C)=C\c2ccccc2)c([N+](=O)[O-])c1. The van der Waals surface area contributed by atoms with E-state index in [0.29, 0.717) is 0 Å². The third-order valence-corrected chi connectivity index (χ3v) is 6.20. The third kappa shape index (κ3) is 5.72. The Bertz CT molecular complexity index is 1010. The van der Waals surface area contributed by atoms with Crippen molar-refractivity contribution in [2.75, 3.05) is 18.5 Å². The highest BCUT2D eigenvalue weighted by molar-refractivity contribution is 7.89. The van der Waals surface area contributed by atoms with Crippen molar-refractivity contribution in [3.05, 3.63) is 69.8 Å². The van der Waals surface area contributed by atoms with Crippen LogP contribution >= 0.6 is 0 Å². The molecule has 0 bridgehead atoms. The summed E-state index contributed by atoms with van der Waals surface area (Å²) in [6.07, 6.45) is 3.45. The first-order valence-corrected chi connectivity index (χ1v) is 10.5. The second kappa shape index (κ2) is 9.94. The van der Waals surface area contributed by atoms with Gasteiger partial charge in [-0.1, -0.05) is 50.3 Å². The predicted octanol–water partition coefficient (Wildman–Crippen LogP) is 4.13. The molecule has 0 aromatic heterocycles. The first kappa shape index (κ1) is 22.3. The minimum absolute atomic E-state index is 0.109. The molecule has 0 aliphatic heterocycles. The van der Waals surface area contributed by atoms with Crippen LogP contribution in [0, 0.1) is 10.1 Å². The summed E-state index contributed by atoms with van der Waals surface area (Å²) in [5.74, 6) is 0. The molecule has 0 amide bonds. The summed E-state index contributed by atoms with van der Waals surface area (Å²) in [5, 5.41) is 15.5. The van der Waals surface area contributed by atoms with E-state index in [-0.39, 0.29) is 29.4 Å². The molecule has 0 radical (unpaired) electrons. The maximum absolute atomic E-state index is 12.6. The summed E-state index contributed by atoms with van der Waals surface area (Å²) in [7, 11) is -3.79. The van der Waals surface area contributed by atoms with E-state index in [2.05, 4.69) is 10.5 Å². The molecule has 8 nitrogen and oxygen atoms in total. The van der Waals surface area contributed by atoms with Crippen LogP contribution in [0.3, 0.4) is 0 Å². The molecular weight excluding hydrogens is 392 g/mol. The molecule has 0 spiro atoms. The lowest BCUT2D eigenvalue weighted by Crippen LogP contribution is -2.30. The van der Waals surface area contributed by atoms with Gasteiger partial charge < -0.3 is 0 Å². The van der Waals surface area contributed by atoms with Crippen molar-refractivity contribution in [3.63, 3.8) is 0 Å². The first-order chi connectivity index (χ1) is 13.8. The van der Waals surface area contributed by atoms with E-state index in [1.54, 1.807) is 13.8 Å². The Morgan fingerprint density at radius 2 is 1.83 bits per heavy atom.